The van der Waals surface area contributed by atoms with Crippen LogP contribution < -0.4 is 16.2 Å². The lowest BCUT2D eigenvalue weighted by Crippen LogP contribution is -2.51. The predicted octanol–water partition coefficient (Wildman–Crippen LogP) is 3.02. The van der Waals surface area contributed by atoms with E-state index in [1.54, 1.807) is 4.90 Å². The molecule has 3 N–H and O–H groups in total. The monoisotopic (exact) mass is 349 g/mol. The molecule has 0 radical (unpaired) electrons. The number of halogens is 3. The molecule has 0 aliphatic carbocycles. The molecule has 0 bridgehead atoms. The van der Waals surface area contributed by atoms with Gasteiger partial charge in [0.2, 0.25) is 0 Å². The number of alkyl halides is 3. The summed E-state index contributed by atoms with van der Waals surface area (Å²) in [6.45, 7) is 0.327. The zero-order valence-electron chi connectivity index (χ0n) is 13.4. The minimum Gasteiger partial charge on any atom is -0.355 e. The van der Waals surface area contributed by atoms with Crippen molar-refractivity contribution >= 4 is 11.6 Å². The molecule has 25 heavy (non-hydrogen) atoms. The maximum atomic E-state index is 13.1. The third-order valence-corrected chi connectivity index (χ3v) is 4.43. The molecule has 3 rings (SSSR count). The Morgan fingerprint density at radius 2 is 1.92 bits per heavy atom. The number of rotatable bonds is 3. The van der Waals surface area contributed by atoms with Crippen LogP contribution in [-0.2, 0) is 23.9 Å². The summed E-state index contributed by atoms with van der Waals surface area (Å²) in [5.41, 5.74) is 3.53. The summed E-state index contributed by atoms with van der Waals surface area (Å²) in [4.78, 5) is 13.9. The summed E-state index contributed by atoms with van der Waals surface area (Å²) in [5, 5.41) is 0. The Morgan fingerprint density at radius 1 is 1.20 bits per heavy atom. The zero-order valence-corrected chi connectivity index (χ0v) is 13.4. The number of hydrazine groups is 1. The maximum absolute atomic E-state index is 13.1. The Balaban J connectivity index is 2.04. The number of amides is 1. The van der Waals surface area contributed by atoms with Gasteiger partial charge in [-0.1, -0.05) is 36.4 Å². The van der Waals surface area contributed by atoms with Gasteiger partial charge >= 0.3 is 6.18 Å². The molecule has 0 aromatic heterocycles. The highest BCUT2D eigenvalue weighted by atomic mass is 19.4. The first kappa shape index (κ1) is 17.3. The number of benzene rings is 2. The number of nitrogens with two attached hydrogens (primary N) is 1. The summed E-state index contributed by atoms with van der Waals surface area (Å²) in [6, 6.07) is 12.4. The first-order valence-electron chi connectivity index (χ1n) is 7.91. The second-order valence-corrected chi connectivity index (χ2v) is 6.02. The van der Waals surface area contributed by atoms with Gasteiger partial charge in [0.25, 0.3) is 5.91 Å². The minimum atomic E-state index is -4.43. The number of fused-ring (bicyclic) bond motifs is 1. The number of hydrogen-bond donors (Lipinski definition) is 2. The lowest BCUT2D eigenvalue weighted by atomic mass is 9.93. The van der Waals surface area contributed by atoms with Crippen molar-refractivity contribution in [1.82, 2.24) is 5.43 Å². The normalized spacial score (nSPS) is 17.1. The minimum absolute atomic E-state index is 0.327. The van der Waals surface area contributed by atoms with Gasteiger partial charge in [-0.25, -0.2) is 5.84 Å². The van der Waals surface area contributed by atoms with Crippen LogP contribution in [0.5, 0.6) is 0 Å². The number of carbonyl (C=O) groups is 1. The Morgan fingerprint density at radius 3 is 2.56 bits per heavy atom. The summed E-state index contributed by atoms with van der Waals surface area (Å²) >= 11 is 0. The summed E-state index contributed by atoms with van der Waals surface area (Å²) in [5.74, 6) is 4.87. The molecule has 1 unspecified atom stereocenters. The largest absolute Gasteiger partial charge is 0.416 e. The average Bonchev–Trinajstić information content (AvgIpc) is 2.61. The second kappa shape index (κ2) is 6.76. The molecule has 0 fully saturated rings. The lowest BCUT2D eigenvalue weighted by molar-refractivity contribution is -0.137. The van der Waals surface area contributed by atoms with Gasteiger partial charge in [0, 0.05) is 12.2 Å². The maximum Gasteiger partial charge on any atom is 0.416 e. The van der Waals surface area contributed by atoms with Gasteiger partial charge in [-0.2, -0.15) is 13.2 Å². The number of carbonyl (C=O) groups excluding carboxylic acids is 1. The van der Waals surface area contributed by atoms with Gasteiger partial charge in [0.05, 0.1) is 5.56 Å². The predicted molar refractivity (Wildman–Crippen MR) is 88.5 cm³/mol. The molecule has 1 aliphatic heterocycles. The molecule has 132 valence electrons. The van der Waals surface area contributed by atoms with Gasteiger partial charge in [-0.15, -0.1) is 0 Å². The molecule has 7 heteroatoms. The number of nitrogens with one attached hydrogen (secondary N) is 1. The molecule has 1 heterocycles. The standard InChI is InChI=1S/C18H18F3N3O/c19-18(20,21)14-8-6-13-7-9-15(17(25)23-22)24(16(13)10-14)11-12-4-2-1-3-5-12/h1-6,8,10,15H,7,9,11,22H2,(H,23,25). The Hall–Kier alpha value is -2.54. The van der Waals surface area contributed by atoms with Crippen LogP contribution in [0.2, 0.25) is 0 Å². The van der Waals surface area contributed by atoms with E-state index in [-0.39, 0.29) is 0 Å². The van der Waals surface area contributed by atoms with Crippen molar-refractivity contribution < 1.29 is 18.0 Å². The third-order valence-electron chi connectivity index (χ3n) is 4.43. The second-order valence-electron chi connectivity index (χ2n) is 6.02. The summed E-state index contributed by atoms with van der Waals surface area (Å²) < 4.78 is 39.3. The van der Waals surface area contributed by atoms with Crippen LogP contribution in [-0.4, -0.2) is 11.9 Å². The highest BCUT2D eigenvalue weighted by molar-refractivity contribution is 5.86. The SMILES string of the molecule is NNC(=O)C1CCc2ccc(C(F)(F)F)cc2N1Cc1ccccc1. The summed E-state index contributed by atoms with van der Waals surface area (Å²) in [7, 11) is 0. The fourth-order valence-corrected chi connectivity index (χ4v) is 3.18. The molecule has 1 aliphatic rings. The van der Waals surface area contributed by atoms with Gasteiger partial charge < -0.3 is 4.90 Å². The van der Waals surface area contributed by atoms with Crippen molar-refractivity contribution in [2.75, 3.05) is 4.90 Å². The van der Waals surface area contributed by atoms with Gasteiger partial charge in [-0.05, 0) is 36.1 Å². The number of aryl methyl sites for hydroxylation is 1. The summed E-state index contributed by atoms with van der Waals surface area (Å²) in [6.07, 6.45) is -3.42. The molecule has 4 nitrogen and oxygen atoms in total. The Kier molecular flexibility index (Phi) is 4.67. The third kappa shape index (κ3) is 3.61. The molecule has 1 atom stereocenters. The topological polar surface area (TPSA) is 58.4 Å². The van der Waals surface area contributed by atoms with Crippen molar-refractivity contribution in [1.29, 1.82) is 0 Å². The van der Waals surface area contributed by atoms with Crippen LogP contribution >= 0.6 is 0 Å². The fraction of sp³-hybridized carbons (Fsp3) is 0.278. The molecular formula is C18H18F3N3O. The van der Waals surface area contributed by atoms with Gasteiger partial charge in [0.1, 0.15) is 6.04 Å². The number of hydrogen-bond acceptors (Lipinski definition) is 3. The van der Waals surface area contributed by atoms with Crippen LogP contribution in [0.15, 0.2) is 48.5 Å². The Labute approximate surface area is 143 Å². The van der Waals surface area contributed by atoms with Crippen molar-refractivity contribution in [2.24, 2.45) is 5.84 Å². The van der Waals surface area contributed by atoms with E-state index in [0.717, 1.165) is 23.3 Å². The highest BCUT2D eigenvalue weighted by Crippen LogP contribution is 2.38. The van der Waals surface area contributed by atoms with Crippen LogP contribution in [0.4, 0.5) is 18.9 Å². The highest BCUT2D eigenvalue weighted by Gasteiger charge is 2.35. The smallest absolute Gasteiger partial charge is 0.355 e. The number of anilines is 1. The van der Waals surface area contributed by atoms with E-state index >= 15 is 0 Å². The molecular weight excluding hydrogens is 331 g/mol. The molecule has 0 spiro atoms. The molecule has 2 aromatic carbocycles. The van der Waals surface area contributed by atoms with Gasteiger partial charge in [0.15, 0.2) is 0 Å². The van der Waals surface area contributed by atoms with E-state index < -0.39 is 23.7 Å². The van der Waals surface area contributed by atoms with Crippen molar-refractivity contribution in [3.05, 3.63) is 65.2 Å². The first-order chi connectivity index (χ1) is 11.9. The quantitative estimate of drug-likeness (QED) is 0.509. The van der Waals surface area contributed by atoms with Crippen LogP contribution in [0.1, 0.15) is 23.1 Å². The Bertz CT molecular complexity index is 762. The van der Waals surface area contributed by atoms with E-state index in [4.69, 9.17) is 5.84 Å². The molecule has 1 amide bonds. The van der Waals surface area contributed by atoms with Gasteiger partial charge in [-0.3, -0.25) is 10.2 Å². The van der Waals surface area contributed by atoms with Crippen molar-refractivity contribution in [3.8, 4) is 0 Å². The van der Waals surface area contributed by atoms with E-state index in [1.807, 2.05) is 30.3 Å². The average molecular weight is 349 g/mol. The molecule has 0 saturated carbocycles. The molecule has 0 saturated heterocycles. The van der Waals surface area contributed by atoms with E-state index in [9.17, 15) is 18.0 Å². The van der Waals surface area contributed by atoms with E-state index in [2.05, 4.69) is 5.43 Å². The zero-order chi connectivity index (χ0) is 18.0. The lowest BCUT2D eigenvalue weighted by Gasteiger charge is -2.38. The van der Waals surface area contributed by atoms with Crippen LogP contribution in [0.25, 0.3) is 0 Å². The van der Waals surface area contributed by atoms with E-state index in [1.165, 1.54) is 6.07 Å². The van der Waals surface area contributed by atoms with E-state index in [0.29, 0.717) is 25.1 Å². The van der Waals surface area contributed by atoms with Crippen LogP contribution in [0, 0.1) is 0 Å². The van der Waals surface area contributed by atoms with Crippen molar-refractivity contribution in [2.45, 2.75) is 31.6 Å². The first-order valence-corrected chi connectivity index (χ1v) is 7.91. The van der Waals surface area contributed by atoms with Crippen LogP contribution in [0.3, 0.4) is 0 Å². The fourth-order valence-electron chi connectivity index (χ4n) is 3.18. The molecule has 2 aromatic rings. The number of nitrogens with zero attached hydrogens (tertiary/aromatic N) is 1. The van der Waals surface area contributed by atoms with Crippen molar-refractivity contribution in [3.63, 3.8) is 0 Å².